The van der Waals surface area contributed by atoms with E-state index in [1.807, 2.05) is 17.0 Å². The Morgan fingerprint density at radius 2 is 1.53 bits per heavy atom. The Bertz CT molecular complexity index is 1070. The predicted molar refractivity (Wildman–Crippen MR) is 120 cm³/mol. The topological polar surface area (TPSA) is 61.9 Å². The van der Waals surface area contributed by atoms with Crippen LogP contribution in [0.15, 0.2) is 65.3 Å². The van der Waals surface area contributed by atoms with Gasteiger partial charge in [0.25, 0.3) is 11.8 Å². The monoisotopic (exact) mass is 432 g/mol. The summed E-state index contributed by atoms with van der Waals surface area (Å²) in [6.07, 6.45) is 2.52. The van der Waals surface area contributed by atoms with Crippen LogP contribution in [0.2, 0.25) is 0 Å². The summed E-state index contributed by atoms with van der Waals surface area (Å²) in [5.41, 5.74) is 3.26. The molecule has 5 rings (SSSR count). The first-order chi connectivity index (χ1) is 15.7. The number of aromatic nitrogens is 1. The number of fused-ring (bicyclic) bond motifs is 1. The summed E-state index contributed by atoms with van der Waals surface area (Å²) in [6, 6.07) is 18.0. The normalized spacial score (nSPS) is 17.1. The number of hydrogen-bond acceptors (Lipinski definition) is 4. The Morgan fingerprint density at radius 1 is 0.781 bits per heavy atom. The van der Waals surface area contributed by atoms with Crippen molar-refractivity contribution in [3.63, 3.8) is 0 Å². The van der Waals surface area contributed by atoms with Crippen LogP contribution in [0.5, 0.6) is 0 Å². The van der Waals surface area contributed by atoms with Crippen molar-refractivity contribution >= 4 is 11.8 Å². The highest BCUT2D eigenvalue weighted by Crippen LogP contribution is 2.21. The van der Waals surface area contributed by atoms with E-state index in [1.165, 1.54) is 17.5 Å². The van der Waals surface area contributed by atoms with Gasteiger partial charge in [-0.2, -0.15) is 0 Å². The molecule has 166 valence electrons. The molecule has 1 fully saturated rings. The summed E-state index contributed by atoms with van der Waals surface area (Å²) in [4.78, 5) is 31.8. The van der Waals surface area contributed by atoms with Crippen molar-refractivity contribution in [2.24, 2.45) is 0 Å². The van der Waals surface area contributed by atoms with Crippen LogP contribution in [0, 0.1) is 0 Å². The van der Waals surface area contributed by atoms with Crippen LogP contribution in [-0.4, -0.2) is 63.8 Å². The Kier molecular flexibility index (Phi) is 5.81. The highest BCUT2D eigenvalue weighted by Gasteiger charge is 2.29. The van der Waals surface area contributed by atoms with E-state index in [2.05, 4.69) is 39.8 Å². The molecule has 32 heavy (non-hydrogen) atoms. The lowest BCUT2D eigenvalue weighted by Crippen LogP contribution is -2.50. The third kappa shape index (κ3) is 4.21. The first-order valence-electron chi connectivity index (χ1n) is 11.3. The average molecular weight is 433 g/mol. The highest BCUT2D eigenvalue weighted by atomic mass is 16.3. The zero-order valence-corrected chi connectivity index (χ0v) is 18.2. The lowest BCUT2D eigenvalue weighted by atomic mass is 10.2. The number of benzene rings is 1. The molecule has 7 nitrogen and oxygen atoms in total. The summed E-state index contributed by atoms with van der Waals surface area (Å²) < 4.78 is 7.41. The van der Waals surface area contributed by atoms with Gasteiger partial charge in [-0.15, -0.1) is 0 Å². The van der Waals surface area contributed by atoms with Crippen molar-refractivity contribution in [3.8, 4) is 0 Å². The van der Waals surface area contributed by atoms with Gasteiger partial charge in [0.15, 0.2) is 5.76 Å². The number of hydrogen-bond donors (Lipinski definition) is 0. The molecule has 0 radical (unpaired) electrons. The summed E-state index contributed by atoms with van der Waals surface area (Å²) in [7, 11) is 0. The lowest BCUT2D eigenvalue weighted by molar-refractivity contribution is 0.0512. The van der Waals surface area contributed by atoms with Crippen LogP contribution < -0.4 is 0 Å². The van der Waals surface area contributed by atoms with Crippen LogP contribution >= 0.6 is 0 Å². The summed E-state index contributed by atoms with van der Waals surface area (Å²) in [6.45, 7) is 5.73. The number of nitrogens with zero attached hydrogens (tertiary/aromatic N) is 4. The first kappa shape index (κ1) is 20.6. The summed E-state index contributed by atoms with van der Waals surface area (Å²) in [5, 5.41) is 0. The molecule has 0 N–H and O–H groups in total. The van der Waals surface area contributed by atoms with Crippen molar-refractivity contribution in [3.05, 3.63) is 83.6 Å². The second-order valence-corrected chi connectivity index (χ2v) is 8.47. The van der Waals surface area contributed by atoms with Crippen molar-refractivity contribution in [2.75, 3.05) is 32.7 Å². The minimum Gasteiger partial charge on any atom is -0.459 e. The maximum atomic E-state index is 13.3. The van der Waals surface area contributed by atoms with Crippen LogP contribution in [0.3, 0.4) is 0 Å². The van der Waals surface area contributed by atoms with Crippen molar-refractivity contribution in [2.45, 2.75) is 26.1 Å². The predicted octanol–water partition coefficient (Wildman–Crippen LogP) is 3.09. The second-order valence-electron chi connectivity index (χ2n) is 8.47. The van der Waals surface area contributed by atoms with E-state index in [-0.39, 0.29) is 11.8 Å². The van der Waals surface area contributed by atoms with E-state index in [4.69, 9.17) is 4.42 Å². The molecule has 1 saturated heterocycles. The van der Waals surface area contributed by atoms with Gasteiger partial charge in [0.2, 0.25) is 0 Å². The number of furan rings is 1. The number of piperazine rings is 1. The van der Waals surface area contributed by atoms with Gasteiger partial charge in [0.1, 0.15) is 5.69 Å². The van der Waals surface area contributed by atoms with Crippen molar-refractivity contribution in [1.82, 2.24) is 19.3 Å². The third-order valence-corrected chi connectivity index (χ3v) is 6.37. The molecular weight excluding hydrogens is 404 g/mol. The van der Waals surface area contributed by atoms with Gasteiger partial charge >= 0.3 is 0 Å². The SMILES string of the molecule is O=C(c1ccco1)N1CCN(C(=O)c2ccc3n2CCCN(Cc2ccccc2)C3)CC1. The van der Waals surface area contributed by atoms with Crippen molar-refractivity contribution < 1.29 is 14.0 Å². The molecule has 0 spiro atoms. The summed E-state index contributed by atoms with van der Waals surface area (Å²) >= 11 is 0. The van der Waals surface area contributed by atoms with E-state index in [0.29, 0.717) is 31.9 Å². The second kappa shape index (κ2) is 9.04. The molecule has 0 unspecified atom stereocenters. The quantitative estimate of drug-likeness (QED) is 0.636. The fraction of sp³-hybridized carbons (Fsp3) is 0.360. The number of carbonyl (C=O) groups is 2. The van der Waals surface area contributed by atoms with Gasteiger partial charge in [0.05, 0.1) is 6.26 Å². The molecule has 1 aromatic carbocycles. The minimum atomic E-state index is -0.114. The molecule has 2 amide bonds. The Labute approximate surface area is 187 Å². The summed E-state index contributed by atoms with van der Waals surface area (Å²) in [5.74, 6) is 0.289. The minimum absolute atomic E-state index is 0.0536. The smallest absolute Gasteiger partial charge is 0.289 e. The Balaban J connectivity index is 1.23. The Morgan fingerprint density at radius 3 is 2.25 bits per heavy atom. The molecule has 4 heterocycles. The maximum Gasteiger partial charge on any atom is 0.289 e. The van der Waals surface area contributed by atoms with E-state index < -0.39 is 0 Å². The van der Waals surface area contributed by atoms with Gasteiger partial charge < -0.3 is 18.8 Å². The standard InChI is InChI=1S/C25H28N4O3/c30-24(27-13-15-28(16-14-27)25(31)23-8-4-17-32-23)22-10-9-21-19-26(11-5-12-29(21)22)18-20-6-2-1-3-7-20/h1-4,6-10,17H,5,11-16,18-19H2. The van der Waals surface area contributed by atoms with E-state index in [1.54, 1.807) is 17.0 Å². The Hall–Kier alpha value is -3.32. The van der Waals surface area contributed by atoms with Crippen LogP contribution in [0.25, 0.3) is 0 Å². The average Bonchev–Trinajstić information content (AvgIpc) is 3.46. The molecular formula is C25H28N4O3. The zero-order valence-electron chi connectivity index (χ0n) is 18.2. The highest BCUT2D eigenvalue weighted by molar-refractivity contribution is 5.94. The van der Waals surface area contributed by atoms with Gasteiger partial charge in [-0.3, -0.25) is 14.5 Å². The lowest BCUT2D eigenvalue weighted by Gasteiger charge is -2.34. The largest absolute Gasteiger partial charge is 0.459 e. The zero-order chi connectivity index (χ0) is 21.9. The molecule has 7 heteroatoms. The molecule has 2 aliphatic rings. The fourth-order valence-electron chi connectivity index (χ4n) is 4.67. The molecule has 0 bridgehead atoms. The van der Waals surface area contributed by atoms with E-state index in [9.17, 15) is 9.59 Å². The van der Waals surface area contributed by atoms with Crippen molar-refractivity contribution in [1.29, 1.82) is 0 Å². The van der Waals surface area contributed by atoms with E-state index >= 15 is 0 Å². The molecule has 2 aliphatic heterocycles. The third-order valence-electron chi connectivity index (χ3n) is 6.37. The van der Waals surface area contributed by atoms with Gasteiger partial charge in [-0.1, -0.05) is 30.3 Å². The first-order valence-corrected chi connectivity index (χ1v) is 11.3. The van der Waals surface area contributed by atoms with Crippen LogP contribution in [0.1, 0.15) is 38.7 Å². The van der Waals surface area contributed by atoms with Crippen LogP contribution in [-0.2, 0) is 19.6 Å². The van der Waals surface area contributed by atoms with Gasteiger partial charge in [0, 0.05) is 58.1 Å². The maximum absolute atomic E-state index is 13.3. The fourth-order valence-corrected chi connectivity index (χ4v) is 4.67. The molecule has 0 saturated carbocycles. The number of carbonyl (C=O) groups excluding carboxylic acids is 2. The van der Waals surface area contributed by atoms with Crippen LogP contribution in [0.4, 0.5) is 0 Å². The molecule has 0 atom stereocenters. The number of amides is 2. The van der Waals surface area contributed by atoms with Gasteiger partial charge in [-0.25, -0.2) is 0 Å². The molecule has 3 aromatic rings. The number of rotatable bonds is 4. The van der Waals surface area contributed by atoms with E-state index in [0.717, 1.165) is 38.3 Å². The molecule has 2 aromatic heterocycles. The van der Waals surface area contributed by atoms with Gasteiger partial charge in [-0.05, 0) is 36.2 Å². The molecule has 0 aliphatic carbocycles.